The highest BCUT2D eigenvalue weighted by Gasteiger charge is 2.23. The van der Waals surface area contributed by atoms with E-state index in [9.17, 15) is 9.59 Å². The zero-order valence-corrected chi connectivity index (χ0v) is 11.8. The fraction of sp³-hybridized carbons (Fsp3) is 0.467. The van der Waals surface area contributed by atoms with E-state index < -0.39 is 6.04 Å². The zero-order valence-electron chi connectivity index (χ0n) is 11.8. The minimum absolute atomic E-state index is 0.0655. The Hall–Kier alpha value is -1.88. The van der Waals surface area contributed by atoms with Gasteiger partial charge in [0, 0.05) is 17.3 Å². The van der Waals surface area contributed by atoms with Crippen molar-refractivity contribution < 1.29 is 9.59 Å². The first-order valence-electron chi connectivity index (χ1n) is 6.94. The Bertz CT molecular complexity index is 492. The quantitative estimate of drug-likeness (QED) is 0.761. The molecule has 1 aromatic rings. The smallest absolute Gasteiger partial charge is 0.251 e. The van der Waals surface area contributed by atoms with Crippen LogP contribution in [-0.4, -0.2) is 23.9 Å². The van der Waals surface area contributed by atoms with Crippen LogP contribution in [0.25, 0.3) is 0 Å². The number of nitrogens with two attached hydrogens (primary N) is 1. The van der Waals surface area contributed by atoms with Crippen LogP contribution in [0.4, 0.5) is 5.69 Å². The number of anilines is 1. The Morgan fingerprint density at radius 2 is 1.80 bits per heavy atom. The number of carbonyl (C=O) groups excluding carboxylic acids is 2. The lowest BCUT2D eigenvalue weighted by atomic mass is 10.0. The van der Waals surface area contributed by atoms with E-state index in [-0.39, 0.29) is 17.7 Å². The molecule has 1 unspecified atom stereocenters. The third kappa shape index (κ3) is 3.81. The van der Waals surface area contributed by atoms with Gasteiger partial charge >= 0.3 is 0 Å². The van der Waals surface area contributed by atoms with Crippen molar-refractivity contribution in [2.75, 3.05) is 5.32 Å². The minimum atomic E-state index is -0.534. The van der Waals surface area contributed by atoms with E-state index in [2.05, 4.69) is 10.6 Å². The van der Waals surface area contributed by atoms with Crippen LogP contribution in [0.15, 0.2) is 24.3 Å². The summed E-state index contributed by atoms with van der Waals surface area (Å²) in [5, 5.41) is 5.66. The Morgan fingerprint density at radius 3 is 2.30 bits per heavy atom. The first kappa shape index (κ1) is 14.5. The second-order valence-corrected chi connectivity index (χ2v) is 5.58. The molecule has 2 rings (SSSR count). The summed E-state index contributed by atoms with van der Waals surface area (Å²) < 4.78 is 0. The molecule has 5 heteroatoms. The van der Waals surface area contributed by atoms with E-state index in [0.717, 1.165) is 12.8 Å². The van der Waals surface area contributed by atoms with E-state index >= 15 is 0 Å². The molecule has 1 aromatic carbocycles. The molecule has 4 N–H and O–H groups in total. The van der Waals surface area contributed by atoms with E-state index in [1.165, 1.54) is 0 Å². The van der Waals surface area contributed by atoms with E-state index in [0.29, 0.717) is 17.3 Å². The van der Waals surface area contributed by atoms with Gasteiger partial charge in [-0.1, -0.05) is 13.8 Å². The molecule has 1 saturated carbocycles. The molecule has 0 spiro atoms. The Balaban J connectivity index is 1.93. The van der Waals surface area contributed by atoms with Crippen molar-refractivity contribution in [1.29, 1.82) is 0 Å². The molecule has 0 saturated heterocycles. The second kappa shape index (κ2) is 6.05. The molecule has 108 valence electrons. The van der Waals surface area contributed by atoms with Gasteiger partial charge in [-0.3, -0.25) is 9.59 Å². The van der Waals surface area contributed by atoms with Gasteiger partial charge in [0.05, 0.1) is 6.04 Å². The average molecular weight is 275 g/mol. The van der Waals surface area contributed by atoms with E-state index in [1.807, 2.05) is 13.8 Å². The van der Waals surface area contributed by atoms with E-state index in [1.54, 1.807) is 24.3 Å². The molecule has 0 radical (unpaired) electrons. The summed E-state index contributed by atoms with van der Waals surface area (Å²) >= 11 is 0. The van der Waals surface area contributed by atoms with Crippen LogP contribution in [0.2, 0.25) is 0 Å². The summed E-state index contributed by atoms with van der Waals surface area (Å²) in [4.78, 5) is 23.6. The van der Waals surface area contributed by atoms with Crippen LogP contribution in [0, 0.1) is 5.92 Å². The number of carbonyl (C=O) groups is 2. The fourth-order valence-electron chi connectivity index (χ4n) is 1.73. The number of nitrogens with one attached hydrogen (secondary N) is 2. The van der Waals surface area contributed by atoms with E-state index in [4.69, 9.17) is 5.73 Å². The van der Waals surface area contributed by atoms with Crippen molar-refractivity contribution in [1.82, 2.24) is 5.32 Å². The third-order valence-electron chi connectivity index (χ3n) is 3.35. The number of hydrogen-bond acceptors (Lipinski definition) is 3. The molecule has 2 amide bonds. The Morgan fingerprint density at radius 1 is 1.20 bits per heavy atom. The minimum Gasteiger partial charge on any atom is -0.349 e. The highest BCUT2D eigenvalue weighted by molar-refractivity contribution is 5.97. The standard InChI is InChI=1S/C15H21N3O2/c1-9(2)13(16)15(20)18-11-5-3-10(4-6-11)14(19)17-12-7-8-12/h3-6,9,12-13H,7-8,16H2,1-2H3,(H,17,19)(H,18,20). The van der Waals surface area contributed by atoms with Crippen molar-refractivity contribution in [2.45, 2.75) is 38.8 Å². The molecular weight excluding hydrogens is 254 g/mol. The predicted molar refractivity (Wildman–Crippen MR) is 78.4 cm³/mol. The highest BCUT2D eigenvalue weighted by atomic mass is 16.2. The predicted octanol–water partition coefficient (Wildman–Crippen LogP) is 1.50. The lowest BCUT2D eigenvalue weighted by molar-refractivity contribution is -0.118. The van der Waals surface area contributed by atoms with Crippen molar-refractivity contribution in [2.24, 2.45) is 11.7 Å². The average Bonchev–Trinajstić information content (AvgIpc) is 3.22. The highest BCUT2D eigenvalue weighted by Crippen LogP contribution is 2.19. The van der Waals surface area contributed by atoms with Gasteiger partial charge in [-0.05, 0) is 43.0 Å². The molecule has 1 atom stereocenters. The van der Waals surface area contributed by atoms with Gasteiger partial charge in [0.2, 0.25) is 5.91 Å². The summed E-state index contributed by atoms with van der Waals surface area (Å²) in [6.07, 6.45) is 2.12. The molecule has 20 heavy (non-hydrogen) atoms. The van der Waals surface area contributed by atoms with Gasteiger partial charge in [-0.25, -0.2) is 0 Å². The molecule has 0 heterocycles. The number of hydrogen-bond donors (Lipinski definition) is 3. The largest absolute Gasteiger partial charge is 0.349 e. The zero-order chi connectivity index (χ0) is 14.7. The number of benzene rings is 1. The maximum absolute atomic E-state index is 11.8. The summed E-state index contributed by atoms with van der Waals surface area (Å²) in [7, 11) is 0. The van der Waals surface area contributed by atoms with Gasteiger partial charge in [0.25, 0.3) is 5.91 Å². The summed E-state index contributed by atoms with van der Waals surface area (Å²) in [5.74, 6) is -0.196. The molecule has 0 aromatic heterocycles. The summed E-state index contributed by atoms with van der Waals surface area (Å²) in [5.41, 5.74) is 7.02. The first-order chi connectivity index (χ1) is 9.47. The number of rotatable bonds is 5. The van der Waals surface area contributed by atoms with Crippen molar-refractivity contribution in [3.05, 3.63) is 29.8 Å². The third-order valence-corrected chi connectivity index (χ3v) is 3.35. The first-order valence-corrected chi connectivity index (χ1v) is 6.94. The van der Waals surface area contributed by atoms with Crippen LogP contribution >= 0.6 is 0 Å². The van der Waals surface area contributed by atoms with Crippen LogP contribution in [0.1, 0.15) is 37.0 Å². The number of amides is 2. The summed E-state index contributed by atoms with van der Waals surface area (Å²) in [6.45, 7) is 3.80. The van der Waals surface area contributed by atoms with Crippen LogP contribution in [0.3, 0.4) is 0 Å². The molecule has 1 fully saturated rings. The van der Waals surface area contributed by atoms with Crippen LogP contribution < -0.4 is 16.4 Å². The molecule has 0 aliphatic heterocycles. The molecule has 5 nitrogen and oxygen atoms in total. The topological polar surface area (TPSA) is 84.2 Å². The lowest BCUT2D eigenvalue weighted by Gasteiger charge is -2.15. The Labute approximate surface area is 118 Å². The maximum atomic E-state index is 11.8. The fourth-order valence-corrected chi connectivity index (χ4v) is 1.73. The van der Waals surface area contributed by atoms with Gasteiger partial charge < -0.3 is 16.4 Å². The van der Waals surface area contributed by atoms with Crippen LogP contribution in [0.5, 0.6) is 0 Å². The van der Waals surface area contributed by atoms with Gasteiger partial charge in [-0.15, -0.1) is 0 Å². The molecule has 0 bridgehead atoms. The maximum Gasteiger partial charge on any atom is 0.251 e. The lowest BCUT2D eigenvalue weighted by Crippen LogP contribution is -2.39. The molecule has 1 aliphatic rings. The van der Waals surface area contributed by atoms with Crippen molar-refractivity contribution in [3.8, 4) is 0 Å². The normalized spacial score (nSPS) is 15.8. The Kier molecular flexibility index (Phi) is 4.39. The monoisotopic (exact) mass is 275 g/mol. The van der Waals surface area contributed by atoms with Gasteiger partial charge in [0.1, 0.15) is 0 Å². The van der Waals surface area contributed by atoms with Gasteiger partial charge in [0.15, 0.2) is 0 Å². The van der Waals surface area contributed by atoms with Crippen molar-refractivity contribution in [3.63, 3.8) is 0 Å². The second-order valence-electron chi connectivity index (χ2n) is 5.58. The molecule has 1 aliphatic carbocycles. The molecular formula is C15H21N3O2. The van der Waals surface area contributed by atoms with Crippen molar-refractivity contribution >= 4 is 17.5 Å². The summed E-state index contributed by atoms with van der Waals surface area (Å²) in [6, 6.07) is 6.64. The van der Waals surface area contributed by atoms with Gasteiger partial charge in [-0.2, -0.15) is 0 Å². The van der Waals surface area contributed by atoms with Crippen LogP contribution in [-0.2, 0) is 4.79 Å². The SMILES string of the molecule is CC(C)C(N)C(=O)Nc1ccc(C(=O)NC2CC2)cc1.